The summed E-state index contributed by atoms with van der Waals surface area (Å²) >= 11 is 0. The van der Waals surface area contributed by atoms with Gasteiger partial charge in [0.25, 0.3) is 0 Å². The van der Waals surface area contributed by atoms with E-state index in [2.05, 4.69) is 15.5 Å². The van der Waals surface area contributed by atoms with Gasteiger partial charge in [0.1, 0.15) is 29.9 Å². The highest BCUT2D eigenvalue weighted by molar-refractivity contribution is 5.85. The van der Waals surface area contributed by atoms with E-state index in [0.29, 0.717) is 13.1 Å². The number of para-hydroxylation sites is 1. The van der Waals surface area contributed by atoms with Crippen LogP contribution in [-0.2, 0) is 6.54 Å². The number of rotatable bonds is 8. The van der Waals surface area contributed by atoms with Crippen LogP contribution in [0.5, 0.6) is 5.75 Å². The van der Waals surface area contributed by atoms with Gasteiger partial charge in [0, 0.05) is 18.7 Å². The SMILES string of the molecule is Cc1ccc(-c2[nH]ncc2CNCC(O)COc2ccccc2)o1.Cl. The van der Waals surface area contributed by atoms with Gasteiger partial charge in [-0.25, -0.2) is 0 Å². The summed E-state index contributed by atoms with van der Waals surface area (Å²) in [6.07, 6.45) is 1.17. The van der Waals surface area contributed by atoms with E-state index in [4.69, 9.17) is 9.15 Å². The zero-order valence-corrected chi connectivity index (χ0v) is 14.8. The van der Waals surface area contributed by atoms with Gasteiger partial charge >= 0.3 is 0 Å². The Morgan fingerprint density at radius 3 is 2.76 bits per heavy atom. The topological polar surface area (TPSA) is 83.3 Å². The summed E-state index contributed by atoms with van der Waals surface area (Å²) in [5.41, 5.74) is 1.84. The predicted octanol–water partition coefficient (Wildman–Crippen LogP) is 2.93. The van der Waals surface area contributed by atoms with Crippen LogP contribution in [0.25, 0.3) is 11.5 Å². The van der Waals surface area contributed by atoms with Crippen LogP contribution >= 0.6 is 12.4 Å². The van der Waals surface area contributed by atoms with Gasteiger partial charge in [-0.3, -0.25) is 5.10 Å². The Balaban J connectivity index is 0.00000225. The van der Waals surface area contributed by atoms with Crippen LogP contribution in [-0.4, -0.2) is 34.6 Å². The lowest BCUT2D eigenvalue weighted by Gasteiger charge is -2.13. The second-order valence-electron chi connectivity index (χ2n) is 5.59. The molecule has 1 aromatic carbocycles. The number of aliphatic hydroxyl groups excluding tert-OH is 1. The highest BCUT2D eigenvalue weighted by Gasteiger charge is 2.12. The lowest BCUT2D eigenvalue weighted by Crippen LogP contribution is -2.31. The number of benzene rings is 1. The zero-order valence-electron chi connectivity index (χ0n) is 13.9. The van der Waals surface area contributed by atoms with Crippen molar-refractivity contribution in [1.29, 1.82) is 0 Å². The van der Waals surface area contributed by atoms with E-state index in [1.54, 1.807) is 6.20 Å². The molecule has 134 valence electrons. The first kappa shape index (κ1) is 19.1. The second-order valence-corrected chi connectivity index (χ2v) is 5.59. The van der Waals surface area contributed by atoms with E-state index in [1.165, 1.54) is 0 Å². The Morgan fingerprint density at radius 1 is 1.24 bits per heavy atom. The Bertz CT molecular complexity index is 758. The number of aromatic nitrogens is 2. The van der Waals surface area contributed by atoms with Crippen molar-refractivity contribution >= 4 is 12.4 Å². The van der Waals surface area contributed by atoms with E-state index < -0.39 is 6.10 Å². The Kier molecular flexibility index (Phi) is 7.06. The summed E-state index contributed by atoms with van der Waals surface area (Å²) in [5.74, 6) is 2.36. The van der Waals surface area contributed by atoms with Crippen molar-refractivity contribution in [3.63, 3.8) is 0 Å². The van der Waals surface area contributed by atoms with Gasteiger partial charge in [-0.05, 0) is 31.2 Å². The first-order valence-corrected chi connectivity index (χ1v) is 7.88. The summed E-state index contributed by atoms with van der Waals surface area (Å²) in [5, 5.41) is 20.2. The molecule has 0 bridgehead atoms. The maximum atomic E-state index is 10.00. The van der Waals surface area contributed by atoms with Gasteiger partial charge in [-0.2, -0.15) is 5.10 Å². The Labute approximate surface area is 152 Å². The van der Waals surface area contributed by atoms with Gasteiger partial charge in [-0.1, -0.05) is 18.2 Å². The molecule has 0 aliphatic rings. The molecule has 7 heteroatoms. The number of hydrogen-bond acceptors (Lipinski definition) is 5. The number of nitrogens with zero attached hydrogens (tertiary/aromatic N) is 1. The average Bonchev–Trinajstić information content (AvgIpc) is 3.22. The summed E-state index contributed by atoms with van der Waals surface area (Å²) in [6, 6.07) is 13.3. The van der Waals surface area contributed by atoms with Crippen LogP contribution in [0.2, 0.25) is 0 Å². The van der Waals surface area contributed by atoms with Crippen molar-refractivity contribution in [2.24, 2.45) is 0 Å². The molecule has 3 rings (SSSR count). The monoisotopic (exact) mass is 363 g/mol. The number of ether oxygens (including phenoxy) is 1. The van der Waals surface area contributed by atoms with Crippen LogP contribution < -0.4 is 10.1 Å². The average molecular weight is 364 g/mol. The highest BCUT2D eigenvalue weighted by Crippen LogP contribution is 2.23. The molecule has 3 N–H and O–H groups in total. The standard InChI is InChI=1S/C18H21N3O3.ClH/c1-13-7-8-17(24-13)18-14(10-20-21-18)9-19-11-15(22)12-23-16-5-3-2-4-6-16;/h2-8,10,15,19,22H,9,11-12H2,1H3,(H,20,21);1H. The van der Waals surface area contributed by atoms with E-state index in [-0.39, 0.29) is 19.0 Å². The third-order valence-electron chi connectivity index (χ3n) is 3.59. The van der Waals surface area contributed by atoms with Gasteiger partial charge in [-0.15, -0.1) is 12.4 Å². The number of aliphatic hydroxyl groups is 1. The molecule has 0 spiro atoms. The molecule has 0 aliphatic heterocycles. The van der Waals surface area contributed by atoms with Gasteiger partial charge in [0.05, 0.1) is 6.20 Å². The fraction of sp³-hybridized carbons (Fsp3) is 0.278. The largest absolute Gasteiger partial charge is 0.491 e. The molecule has 1 atom stereocenters. The first-order valence-electron chi connectivity index (χ1n) is 7.88. The highest BCUT2D eigenvalue weighted by atomic mass is 35.5. The summed E-state index contributed by atoms with van der Waals surface area (Å²) in [7, 11) is 0. The fourth-order valence-corrected chi connectivity index (χ4v) is 2.37. The van der Waals surface area contributed by atoms with E-state index in [0.717, 1.165) is 28.5 Å². The van der Waals surface area contributed by atoms with Crippen molar-refractivity contribution in [3.05, 3.63) is 60.0 Å². The third-order valence-corrected chi connectivity index (χ3v) is 3.59. The number of aromatic amines is 1. The van der Waals surface area contributed by atoms with Crippen molar-refractivity contribution < 1.29 is 14.3 Å². The number of hydrogen-bond donors (Lipinski definition) is 3. The Morgan fingerprint density at radius 2 is 2.04 bits per heavy atom. The molecule has 0 fully saturated rings. The minimum atomic E-state index is -0.591. The van der Waals surface area contributed by atoms with Crippen LogP contribution in [0.4, 0.5) is 0 Å². The van der Waals surface area contributed by atoms with Crippen LogP contribution in [0.1, 0.15) is 11.3 Å². The minimum absolute atomic E-state index is 0. The van der Waals surface area contributed by atoms with Crippen molar-refractivity contribution in [2.75, 3.05) is 13.2 Å². The molecule has 0 aliphatic carbocycles. The van der Waals surface area contributed by atoms with Crippen molar-refractivity contribution in [3.8, 4) is 17.2 Å². The number of furan rings is 1. The molecule has 2 aromatic heterocycles. The first-order chi connectivity index (χ1) is 11.7. The molecular weight excluding hydrogens is 342 g/mol. The molecule has 25 heavy (non-hydrogen) atoms. The molecule has 1 unspecified atom stereocenters. The van der Waals surface area contributed by atoms with Crippen LogP contribution in [0.15, 0.2) is 53.1 Å². The molecule has 0 saturated heterocycles. The third kappa shape index (κ3) is 5.35. The molecule has 0 saturated carbocycles. The second kappa shape index (κ2) is 9.27. The van der Waals surface area contributed by atoms with Crippen molar-refractivity contribution in [2.45, 2.75) is 19.6 Å². The fourth-order valence-electron chi connectivity index (χ4n) is 2.37. The molecule has 0 radical (unpaired) electrons. The molecule has 2 heterocycles. The number of H-pyrrole nitrogens is 1. The number of nitrogens with one attached hydrogen (secondary N) is 2. The van der Waals surface area contributed by atoms with Gasteiger partial charge < -0.3 is 19.6 Å². The Hall–Kier alpha value is -2.28. The van der Waals surface area contributed by atoms with E-state index in [9.17, 15) is 5.11 Å². The van der Waals surface area contributed by atoms with Crippen LogP contribution in [0.3, 0.4) is 0 Å². The lowest BCUT2D eigenvalue weighted by atomic mass is 10.2. The normalized spacial score (nSPS) is 11.8. The quantitative estimate of drug-likeness (QED) is 0.573. The summed E-state index contributed by atoms with van der Waals surface area (Å²) < 4.78 is 11.1. The predicted molar refractivity (Wildman–Crippen MR) is 97.9 cm³/mol. The minimum Gasteiger partial charge on any atom is -0.491 e. The molecule has 6 nitrogen and oxygen atoms in total. The van der Waals surface area contributed by atoms with Gasteiger partial charge in [0.2, 0.25) is 0 Å². The summed E-state index contributed by atoms with van der Waals surface area (Å²) in [4.78, 5) is 0. The lowest BCUT2D eigenvalue weighted by molar-refractivity contribution is 0.106. The van der Waals surface area contributed by atoms with E-state index in [1.807, 2.05) is 49.4 Å². The maximum absolute atomic E-state index is 10.00. The van der Waals surface area contributed by atoms with Crippen LogP contribution in [0, 0.1) is 6.92 Å². The smallest absolute Gasteiger partial charge is 0.152 e. The van der Waals surface area contributed by atoms with Gasteiger partial charge in [0.15, 0.2) is 5.76 Å². The van der Waals surface area contributed by atoms with E-state index >= 15 is 0 Å². The maximum Gasteiger partial charge on any atom is 0.152 e. The number of aryl methyl sites for hydroxylation is 1. The summed E-state index contributed by atoms with van der Waals surface area (Å²) in [6.45, 7) is 3.15. The zero-order chi connectivity index (χ0) is 16.8. The number of halogens is 1. The molecular formula is C18H22ClN3O3. The van der Waals surface area contributed by atoms with Crippen molar-refractivity contribution in [1.82, 2.24) is 15.5 Å². The molecule has 3 aromatic rings. The molecule has 0 amide bonds.